The third-order valence-corrected chi connectivity index (χ3v) is 4.64. The average Bonchev–Trinajstić information content (AvgIpc) is 3.12. The van der Waals surface area contributed by atoms with E-state index in [1.807, 2.05) is 78.9 Å². The Bertz CT molecular complexity index is 981. The Morgan fingerprint density at radius 2 is 1.41 bits per heavy atom. The molecule has 148 valence electrons. The van der Waals surface area contributed by atoms with Crippen LogP contribution in [0.3, 0.4) is 0 Å². The molecule has 0 N–H and O–H groups in total. The summed E-state index contributed by atoms with van der Waals surface area (Å²) in [6.45, 7) is 5.57. The van der Waals surface area contributed by atoms with Gasteiger partial charge in [0.1, 0.15) is 19.8 Å². The van der Waals surface area contributed by atoms with Gasteiger partial charge in [-0.1, -0.05) is 66.7 Å². The second kappa shape index (κ2) is 8.39. The van der Waals surface area contributed by atoms with E-state index in [1.165, 1.54) is 0 Å². The van der Waals surface area contributed by atoms with E-state index < -0.39 is 0 Å². The summed E-state index contributed by atoms with van der Waals surface area (Å²) < 4.78 is 18.2. The fraction of sp³-hybridized carbons (Fsp3) is 0.240. The number of ether oxygens (including phenoxy) is 3. The first-order chi connectivity index (χ1) is 14.1. The van der Waals surface area contributed by atoms with Crippen LogP contribution in [0.1, 0.15) is 30.5 Å². The molecule has 3 aromatic carbocycles. The van der Waals surface area contributed by atoms with Crippen molar-refractivity contribution in [2.75, 3.05) is 6.61 Å². The molecule has 0 aliphatic carbocycles. The van der Waals surface area contributed by atoms with Gasteiger partial charge in [-0.05, 0) is 37.1 Å². The maximum Gasteiger partial charge on any atom is 0.220 e. The van der Waals surface area contributed by atoms with Crippen molar-refractivity contribution in [2.45, 2.75) is 32.6 Å². The van der Waals surface area contributed by atoms with E-state index in [0.717, 1.165) is 16.7 Å². The Hall–Kier alpha value is -3.27. The SMILES string of the molecule is CC1(C)COC(c2cccc(OCc3ccccc3)c2OCc2ccccc2)=N1. The van der Waals surface area contributed by atoms with Crippen molar-refractivity contribution in [3.63, 3.8) is 0 Å². The topological polar surface area (TPSA) is 40.0 Å². The van der Waals surface area contributed by atoms with Gasteiger partial charge in [-0.3, -0.25) is 0 Å². The zero-order chi connectivity index (χ0) is 20.1. The molecule has 0 saturated heterocycles. The summed E-state index contributed by atoms with van der Waals surface area (Å²) in [5.74, 6) is 1.94. The molecule has 29 heavy (non-hydrogen) atoms. The number of nitrogens with zero attached hydrogens (tertiary/aromatic N) is 1. The molecule has 0 atom stereocenters. The third kappa shape index (κ3) is 4.77. The molecule has 0 radical (unpaired) electrons. The average molecular weight is 387 g/mol. The number of rotatable bonds is 7. The molecule has 3 aromatic rings. The Kier molecular flexibility index (Phi) is 5.52. The summed E-state index contributed by atoms with van der Waals surface area (Å²) in [4.78, 5) is 4.72. The minimum absolute atomic E-state index is 0.243. The van der Waals surface area contributed by atoms with Crippen molar-refractivity contribution < 1.29 is 14.2 Å². The molecular weight excluding hydrogens is 362 g/mol. The van der Waals surface area contributed by atoms with E-state index in [2.05, 4.69) is 13.8 Å². The molecule has 0 fully saturated rings. The lowest BCUT2D eigenvalue weighted by molar-refractivity contribution is 0.252. The van der Waals surface area contributed by atoms with Gasteiger partial charge in [-0.2, -0.15) is 0 Å². The van der Waals surface area contributed by atoms with Gasteiger partial charge in [-0.25, -0.2) is 4.99 Å². The van der Waals surface area contributed by atoms with Crippen LogP contribution in [-0.4, -0.2) is 18.0 Å². The molecule has 1 aliphatic heterocycles. The van der Waals surface area contributed by atoms with E-state index in [9.17, 15) is 0 Å². The lowest BCUT2D eigenvalue weighted by Gasteiger charge is -2.16. The molecule has 1 heterocycles. The summed E-state index contributed by atoms with van der Waals surface area (Å²) in [6, 6.07) is 26.0. The van der Waals surface area contributed by atoms with Gasteiger partial charge in [0.2, 0.25) is 5.90 Å². The molecule has 4 rings (SSSR count). The fourth-order valence-corrected chi connectivity index (χ4v) is 3.13. The van der Waals surface area contributed by atoms with Crippen molar-refractivity contribution in [3.05, 3.63) is 95.6 Å². The van der Waals surface area contributed by atoms with Crippen LogP contribution in [0.25, 0.3) is 0 Å². The van der Waals surface area contributed by atoms with Crippen LogP contribution in [0.15, 0.2) is 83.9 Å². The molecule has 1 aliphatic rings. The van der Waals surface area contributed by atoms with Crippen molar-refractivity contribution in [1.29, 1.82) is 0 Å². The number of hydrogen-bond acceptors (Lipinski definition) is 4. The highest BCUT2D eigenvalue weighted by Crippen LogP contribution is 2.35. The summed E-state index contributed by atoms with van der Waals surface area (Å²) in [5, 5.41) is 0. The molecule has 0 bridgehead atoms. The van der Waals surface area contributed by atoms with Crippen LogP contribution in [0.4, 0.5) is 0 Å². The first kappa shape index (κ1) is 19.1. The largest absolute Gasteiger partial charge is 0.485 e. The smallest absolute Gasteiger partial charge is 0.220 e. The molecule has 4 nitrogen and oxygen atoms in total. The molecule has 0 spiro atoms. The van der Waals surface area contributed by atoms with Crippen LogP contribution in [0.2, 0.25) is 0 Å². The Morgan fingerprint density at radius 1 is 0.793 bits per heavy atom. The van der Waals surface area contributed by atoms with Crippen molar-refractivity contribution in [1.82, 2.24) is 0 Å². The molecule has 0 amide bonds. The van der Waals surface area contributed by atoms with Crippen molar-refractivity contribution >= 4 is 5.90 Å². The molecule has 4 heteroatoms. The minimum Gasteiger partial charge on any atom is -0.485 e. The maximum atomic E-state index is 6.24. The van der Waals surface area contributed by atoms with Gasteiger partial charge >= 0.3 is 0 Å². The summed E-state index contributed by atoms with van der Waals surface area (Å²) in [6.07, 6.45) is 0. The number of aliphatic imine (C=N–C) groups is 1. The van der Waals surface area contributed by atoms with Crippen LogP contribution in [-0.2, 0) is 18.0 Å². The maximum absolute atomic E-state index is 6.24. The zero-order valence-corrected chi connectivity index (χ0v) is 16.8. The van der Waals surface area contributed by atoms with E-state index >= 15 is 0 Å². The predicted octanol–water partition coefficient (Wildman–Crippen LogP) is 5.40. The number of benzene rings is 3. The molecule has 0 aromatic heterocycles. The highest BCUT2D eigenvalue weighted by atomic mass is 16.5. The highest BCUT2D eigenvalue weighted by Gasteiger charge is 2.29. The van der Waals surface area contributed by atoms with Gasteiger partial charge in [0.05, 0.1) is 11.1 Å². The fourth-order valence-electron chi connectivity index (χ4n) is 3.13. The Labute approximate surface area is 171 Å². The first-order valence-electron chi connectivity index (χ1n) is 9.80. The Balaban J connectivity index is 1.63. The highest BCUT2D eigenvalue weighted by molar-refractivity contribution is 5.98. The van der Waals surface area contributed by atoms with E-state index in [1.54, 1.807) is 0 Å². The van der Waals surface area contributed by atoms with Gasteiger partial charge in [0.15, 0.2) is 11.5 Å². The molecule has 0 unspecified atom stereocenters. The second-order valence-corrected chi connectivity index (χ2v) is 7.70. The van der Waals surface area contributed by atoms with E-state index in [-0.39, 0.29) is 5.54 Å². The molecular formula is C25H25NO3. The second-order valence-electron chi connectivity index (χ2n) is 7.70. The van der Waals surface area contributed by atoms with Crippen molar-refractivity contribution in [3.8, 4) is 11.5 Å². The van der Waals surface area contributed by atoms with Crippen LogP contribution < -0.4 is 9.47 Å². The lowest BCUT2D eigenvalue weighted by Crippen LogP contribution is -2.17. The summed E-state index contributed by atoms with van der Waals surface area (Å²) in [5.41, 5.74) is 2.76. The number of para-hydroxylation sites is 1. The van der Waals surface area contributed by atoms with E-state index in [4.69, 9.17) is 19.2 Å². The van der Waals surface area contributed by atoms with Crippen LogP contribution >= 0.6 is 0 Å². The standard InChI is InChI=1S/C25H25NO3/c1-25(2)18-29-24(26-25)21-14-9-15-22(27-16-19-10-5-3-6-11-19)23(21)28-17-20-12-7-4-8-13-20/h3-15H,16-18H2,1-2H3. The molecule has 0 saturated carbocycles. The van der Waals surface area contributed by atoms with Crippen LogP contribution in [0.5, 0.6) is 11.5 Å². The predicted molar refractivity (Wildman–Crippen MR) is 115 cm³/mol. The first-order valence-corrected chi connectivity index (χ1v) is 9.80. The quantitative estimate of drug-likeness (QED) is 0.545. The minimum atomic E-state index is -0.243. The van der Waals surface area contributed by atoms with Gasteiger partial charge in [0, 0.05) is 0 Å². The third-order valence-electron chi connectivity index (χ3n) is 4.64. The van der Waals surface area contributed by atoms with E-state index in [0.29, 0.717) is 37.2 Å². The number of hydrogen-bond donors (Lipinski definition) is 0. The Morgan fingerprint density at radius 3 is 2.00 bits per heavy atom. The summed E-state index contributed by atoms with van der Waals surface area (Å²) >= 11 is 0. The van der Waals surface area contributed by atoms with Crippen molar-refractivity contribution in [2.24, 2.45) is 4.99 Å². The normalized spacial score (nSPS) is 14.8. The lowest BCUT2D eigenvalue weighted by atomic mass is 10.1. The monoisotopic (exact) mass is 387 g/mol. The van der Waals surface area contributed by atoms with Gasteiger partial charge in [-0.15, -0.1) is 0 Å². The van der Waals surface area contributed by atoms with Crippen LogP contribution in [0, 0.1) is 0 Å². The van der Waals surface area contributed by atoms with Gasteiger partial charge in [0.25, 0.3) is 0 Å². The van der Waals surface area contributed by atoms with Gasteiger partial charge < -0.3 is 14.2 Å². The summed E-state index contributed by atoms with van der Waals surface area (Å²) in [7, 11) is 0. The zero-order valence-electron chi connectivity index (χ0n) is 16.8.